The van der Waals surface area contributed by atoms with Crippen molar-refractivity contribution in [1.29, 1.82) is 0 Å². The lowest BCUT2D eigenvalue weighted by Gasteiger charge is -2.17. The fraction of sp³-hybridized carbons (Fsp3) is 0.300. The molecule has 1 unspecified atom stereocenters. The molecule has 1 aliphatic heterocycles. The van der Waals surface area contributed by atoms with Gasteiger partial charge in [-0.25, -0.2) is 0 Å². The summed E-state index contributed by atoms with van der Waals surface area (Å²) in [5.41, 5.74) is 2.85. The van der Waals surface area contributed by atoms with Gasteiger partial charge < -0.3 is 15.1 Å². The first-order valence-corrected chi connectivity index (χ1v) is 8.94. The van der Waals surface area contributed by atoms with E-state index in [1.807, 2.05) is 43.3 Å². The number of nitrogens with one attached hydrogen (secondary N) is 1. The average Bonchev–Trinajstić information content (AvgIpc) is 3.02. The van der Waals surface area contributed by atoms with Gasteiger partial charge in [-0.2, -0.15) is 0 Å². The van der Waals surface area contributed by atoms with E-state index >= 15 is 0 Å². The minimum Gasteiger partial charge on any atom is -0.378 e. The van der Waals surface area contributed by atoms with E-state index in [9.17, 15) is 9.59 Å². The lowest BCUT2D eigenvalue weighted by molar-refractivity contribution is -0.132. The highest BCUT2D eigenvalue weighted by molar-refractivity contribution is 6.30. The molecule has 6 heteroatoms. The topological polar surface area (TPSA) is 52.7 Å². The van der Waals surface area contributed by atoms with Crippen LogP contribution in [0.1, 0.15) is 12.0 Å². The number of benzene rings is 2. The molecule has 2 aromatic carbocycles. The van der Waals surface area contributed by atoms with E-state index in [4.69, 9.17) is 11.6 Å². The van der Waals surface area contributed by atoms with E-state index in [-0.39, 0.29) is 11.8 Å². The Balaban J connectivity index is 1.61. The van der Waals surface area contributed by atoms with Crippen molar-refractivity contribution in [3.05, 3.63) is 59.1 Å². The second-order valence-electron chi connectivity index (χ2n) is 6.59. The fourth-order valence-corrected chi connectivity index (χ4v) is 3.18. The molecule has 1 aliphatic rings. The predicted octanol–water partition coefficient (Wildman–Crippen LogP) is 3.08. The molecule has 2 amide bonds. The normalized spacial score (nSPS) is 16.7. The summed E-state index contributed by atoms with van der Waals surface area (Å²) in [5, 5.41) is 3.51. The molecular formula is C20H22ClN3O2. The summed E-state index contributed by atoms with van der Waals surface area (Å²) >= 11 is 5.89. The van der Waals surface area contributed by atoms with Crippen LogP contribution in [0.15, 0.2) is 48.5 Å². The SMILES string of the molecule is CN(C)c1cccc(CNC(=O)C2CCN(c3ccc(Cl)cc3)C2=O)c1. The Kier molecular flexibility index (Phi) is 5.47. The standard InChI is InChI=1S/C20H22ClN3O2/c1-23(2)17-5-3-4-14(12-17)13-22-19(25)18-10-11-24(20(18)26)16-8-6-15(21)7-9-16/h3-9,12,18H,10-11,13H2,1-2H3,(H,22,25). The highest BCUT2D eigenvalue weighted by Gasteiger charge is 2.37. The van der Waals surface area contributed by atoms with E-state index in [1.54, 1.807) is 29.2 Å². The molecule has 2 aromatic rings. The van der Waals surface area contributed by atoms with Gasteiger partial charge in [0.15, 0.2) is 0 Å². The molecule has 1 atom stereocenters. The molecule has 0 saturated carbocycles. The number of rotatable bonds is 5. The summed E-state index contributed by atoms with van der Waals surface area (Å²) in [4.78, 5) is 28.8. The predicted molar refractivity (Wildman–Crippen MR) is 105 cm³/mol. The van der Waals surface area contributed by atoms with Crippen molar-refractivity contribution in [3.8, 4) is 0 Å². The van der Waals surface area contributed by atoms with Crippen molar-refractivity contribution < 1.29 is 9.59 Å². The molecule has 0 aromatic heterocycles. The van der Waals surface area contributed by atoms with Crippen molar-refractivity contribution in [2.24, 2.45) is 5.92 Å². The molecule has 1 N–H and O–H groups in total. The number of anilines is 2. The monoisotopic (exact) mass is 371 g/mol. The quantitative estimate of drug-likeness (QED) is 0.822. The average molecular weight is 372 g/mol. The second kappa shape index (κ2) is 7.79. The van der Waals surface area contributed by atoms with Gasteiger partial charge in [-0.15, -0.1) is 0 Å². The lowest BCUT2D eigenvalue weighted by Crippen LogP contribution is -2.36. The Morgan fingerprint density at radius 1 is 1.23 bits per heavy atom. The lowest BCUT2D eigenvalue weighted by atomic mass is 10.1. The molecule has 0 radical (unpaired) electrons. The van der Waals surface area contributed by atoms with Gasteiger partial charge in [-0.1, -0.05) is 23.7 Å². The molecule has 136 valence electrons. The molecule has 1 heterocycles. The van der Waals surface area contributed by atoms with Gasteiger partial charge in [-0.05, 0) is 48.4 Å². The first-order chi connectivity index (χ1) is 12.5. The van der Waals surface area contributed by atoms with Crippen LogP contribution >= 0.6 is 11.6 Å². The number of amides is 2. The number of carbonyl (C=O) groups is 2. The van der Waals surface area contributed by atoms with Crippen LogP contribution in [0.2, 0.25) is 5.02 Å². The molecule has 3 rings (SSSR count). The summed E-state index contributed by atoms with van der Waals surface area (Å²) in [6.07, 6.45) is 0.519. The van der Waals surface area contributed by atoms with Crippen molar-refractivity contribution in [2.75, 3.05) is 30.4 Å². The maximum atomic E-state index is 12.6. The van der Waals surface area contributed by atoms with Gasteiger partial charge in [0, 0.05) is 43.6 Å². The summed E-state index contributed by atoms with van der Waals surface area (Å²) in [6.45, 7) is 0.944. The zero-order valence-corrected chi connectivity index (χ0v) is 15.7. The molecule has 0 spiro atoms. The van der Waals surface area contributed by atoms with Crippen molar-refractivity contribution in [1.82, 2.24) is 5.32 Å². The van der Waals surface area contributed by atoms with Crippen LogP contribution in [0, 0.1) is 5.92 Å². The zero-order valence-electron chi connectivity index (χ0n) is 14.9. The van der Waals surface area contributed by atoms with Crippen molar-refractivity contribution >= 4 is 34.8 Å². The van der Waals surface area contributed by atoms with Crippen molar-refractivity contribution in [2.45, 2.75) is 13.0 Å². The molecule has 26 heavy (non-hydrogen) atoms. The number of hydrogen-bond donors (Lipinski definition) is 1. The molecule has 5 nitrogen and oxygen atoms in total. The Morgan fingerprint density at radius 3 is 2.65 bits per heavy atom. The minimum atomic E-state index is -0.636. The second-order valence-corrected chi connectivity index (χ2v) is 7.03. The van der Waals surface area contributed by atoms with Crippen LogP contribution in [0.5, 0.6) is 0 Å². The maximum absolute atomic E-state index is 12.6. The number of carbonyl (C=O) groups excluding carboxylic acids is 2. The third-order valence-corrected chi connectivity index (χ3v) is 4.81. The van der Waals surface area contributed by atoms with Crippen molar-refractivity contribution in [3.63, 3.8) is 0 Å². The van der Waals surface area contributed by atoms with Crippen LogP contribution < -0.4 is 15.1 Å². The van der Waals surface area contributed by atoms with Gasteiger partial charge >= 0.3 is 0 Å². The highest BCUT2D eigenvalue weighted by atomic mass is 35.5. The van der Waals surface area contributed by atoms with Crippen LogP contribution in [-0.2, 0) is 16.1 Å². The number of hydrogen-bond acceptors (Lipinski definition) is 3. The van der Waals surface area contributed by atoms with E-state index in [2.05, 4.69) is 5.32 Å². The van der Waals surface area contributed by atoms with E-state index in [0.717, 1.165) is 16.9 Å². The number of halogens is 1. The van der Waals surface area contributed by atoms with Gasteiger partial charge in [-0.3, -0.25) is 9.59 Å². The third kappa shape index (κ3) is 3.99. The summed E-state index contributed by atoms with van der Waals surface area (Å²) < 4.78 is 0. The molecular weight excluding hydrogens is 350 g/mol. The first kappa shape index (κ1) is 18.3. The largest absolute Gasteiger partial charge is 0.378 e. The first-order valence-electron chi connectivity index (χ1n) is 8.56. The van der Waals surface area contributed by atoms with Crippen LogP contribution in [0.25, 0.3) is 0 Å². The third-order valence-electron chi connectivity index (χ3n) is 4.55. The van der Waals surface area contributed by atoms with Gasteiger partial charge in [0.05, 0.1) is 0 Å². The smallest absolute Gasteiger partial charge is 0.239 e. The summed E-state index contributed by atoms with van der Waals surface area (Å²) in [7, 11) is 3.94. The minimum absolute atomic E-state index is 0.160. The molecule has 1 fully saturated rings. The van der Waals surface area contributed by atoms with E-state index < -0.39 is 5.92 Å². The molecule has 0 aliphatic carbocycles. The Morgan fingerprint density at radius 2 is 1.96 bits per heavy atom. The van der Waals surface area contributed by atoms with Crippen LogP contribution in [0.4, 0.5) is 11.4 Å². The van der Waals surface area contributed by atoms with Crippen LogP contribution in [0.3, 0.4) is 0 Å². The van der Waals surface area contributed by atoms with Gasteiger partial charge in [0.1, 0.15) is 5.92 Å². The van der Waals surface area contributed by atoms with Gasteiger partial charge in [0.25, 0.3) is 0 Å². The highest BCUT2D eigenvalue weighted by Crippen LogP contribution is 2.26. The Hall–Kier alpha value is -2.53. The summed E-state index contributed by atoms with van der Waals surface area (Å²) in [5.74, 6) is -1.02. The van der Waals surface area contributed by atoms with E-state index in [1.165, 1.54) is 0 Å². The molecule has 0 bridgehead atoms. The van der Waals surface area contributed by atoms with Crippen LogP contribution in [-0.4, -0.2) is 32.5 Å². The summed E-state index contributed by atoms with van der Waals surface area (Å²) in [6, 6.07) is 15.0. The van der Waals surface area contributed by atoms with Gasteiger partial charge in [0.2, 0.25) is 11.8 Å². The Bertz CT molecular complexity index is 805. The zero-order chi connectivity index (χ0) is 18.7. The fourth-order valence-electron chi connectivity index (χ4n) is 3.06. The maximum Gasteiger partial charge on any atom is 0.239 e. The number of nitrogens with zero attached hydrogens (tertiary/aromatic N) is 2. The Labute approximate surface area is 158 Å². The van der Waals surface area contributed by atoms with E-state index in [0.29, 0.717) is 24.5 Å². The molecule has 1 saturated heterocycles.